The number of aryl methyl sites for hydroxylation is 1. The fourth-order valence-electron chi connectivity index (χ4n) is 2.69. The molecule has 1 atom stereocenters. The van der Waals surface area contributed by atoms with Gasteiger partial charge in [0.1, 0.15) is 17.7 Å². The third kappa shape index (κ3) is 4.03. The topological polar surface area (TPSA) is 107 Å². The quantitative estimate of drug-likeness (QED) is 0.483. The Morgan fingerprint density at radius 1 is 1.29 bits per heavy atom. The summed E-state index contributed by atoms with van der Waals surface area (Å²) in [4.78, 5) is 14.0. The first-order valence-corrected chi connectivity index (χ1v) is 9.74. The number of hydrogen-bond acceptors (Lipinski definition) is 5. The molecule has 8 nitrogen and oxygen atoms in total. The van der Waals surface area contributed by atoms with Gasteiger partial charge in [-0.3, -0.25) is 10.1 Å². The fraction of sp³-hybridized carbons (Fsp3) is 0.118. The minimum atomic E-state index is -4.38. The first-order valence-electron chi connectivity index (χ1n) is 7.88. The van der Waals surface area contributed by atoms with Crippen molar-refractivity contribution in [3.63, 3.8) is 0 Å². The number of nitro groups is 1. The number of rotatable bonds is 6. The lowest BCUT2D eigenvalue weighted by atomic mass is 10.1. The SMILES string of the molecule is Cn1ccnc1[C@H](NS(=O)(=O)c1ccc(Cl)cc1[N+](=O)[O-])c1cccc(F)c1. The first kappa shape index (κ1) is 19.9. The highest BCUT2D eigenvalue weighted by Gasteiger charge is 2.31. The maximum atomic E-state index is 13.7. The van der Waals surface area contributed by atoms with Crippen molar-refractivity contribution in [1.82, 2.24) is 14.3 Å². The molecule has 0 aliphatic carbocycles. The molecule has 3 rings (SSSR count). The normalized spacial score (nSPS) is 12.7. The van der Waals surface area contributed by atoms with E-state index in [1.807, 2.05) is 0 Å². The van der Waals surface area contributed by atoms with Gasteiger partial charge in [0.15, 0.2) is 4.90 Å². The second-order valence-electron chi connectivity index (χ2n) is 5.87. The summed E-state index contributed by atoms with van der Waals surface area (Å²) in [6.45, 7) is 0. The molecule has 0 saturated carbocycles. The van der Waals surface area contributed by atoms with Gasteiger partial charge >= 0.3 is 0 Å². The zero-order chi connectivity index (χ0) is 20.5. The highest BCUT2D eigenvalue weighted by molar-refractivity contribution is 7.89. The Hall–Kier alpha value is -2.82. The number of sulfonamides is 1. The van der Waals surface area contributed by atoms with Gasteiger partial charge in [-0.1, -0.05) is 23.7 Å². The summed E-state index contributed by atoms with van der Waals surface area (Å²) in [5.74, 6) is -0.279. The summed E-state index contributed by atoms with van der Waals surface area (Å²) in [6.07, 6.45) is 3.06. The molecule has 28 heavy (non-hydrogen) atoms. The second kappa shape index (κ2) is 7.66. The number of hydrogen-bond donors (Lipinski definition) is 1. The van der Waals surface area contributed by atoms with E-state index in [2.05, 4.69) is 9.71 Å². The standard InChI is InChI=1S/C17H14ClFN4O4S/c1-22-8-7-20-17(22)16(11-3-2-4-13(19)9-11)21-28(26,27)15-6-5-12(18)10-14(15)23(24)25/h2-10,16,21H,1H3/t16-/m1/s1. The molecule has 146 valence electrons. The summed E-state index contributed by atoms with van der Waals surface area (Å²) < 4.78 is 43.6. The third-order valence-electron chi connectivity index (χ3n) is 3.98. The average Bonchev–Trinajstić information content (AvgIpc) is 3.05. The molecule has 0 bridgehead atoms. The number of halogens is 2. The van der Waals surface area contributed by atoms with E-state index in [9.17, 15) is 22.9 Å². The van der Waals surface area contributed by atoms with Crippen LogP contribution in [-0.2, 0) is 17.1 Å². The van der Waals surface area contributed by atoms with Crippen LogP contribution in [0.5, 0.6) is 0 Å². The van der Waals surface area contributed by atoms with Crippen LogP contribution in [0.15, 0.2) is 59.8 Å². The highest BCUT2D eigenvalue weighted by Crippen LogP contribution is 2.30. The Morgan fingerprint density at radius 3 is 2.64 bits per heavy atom. The average molecular weight is 425 g/mol. The van der Waals surface area contributed by atoms with Crippen molar-refractivity contribution in [3.05, 3.63) is 87.2 Å². The van der Waals surface area contributed by atoms with Gasteiger partial charge in [-0.2, -0.15) is 4.72 Å². The molecule has 1 aromatic heterocycles. The first-order chi connectivity index (χ1) is 13.2. The monoisotopic (exact) mass is 424 g/mol. The number of nitro benzene ring substituents is 1. The molecule has 0 unspecified atom stereocenters. The molecule has 3 aromatic rings. The number of nitrogens with zero attached hydrogens (tertiary/aromatic N) is 3. The summed E-state index contributed by atoms with van der Waals surface area (Å²) in [5, 5.41) is 11.3. The molecule has 0 fully saturated rings. The fourth-order valence-corrected chi connectivity index (χ4v) is 4.19. The van der Waals surface area contributed by atoms with Crippen LogP contribution in [0.2, 0.25) is 5.02 Å². The lowest BCUT2D eigenvalue weighted by Crippen LogP contribution is -2.31. The molecular formula is C17H14ClFN4O4S. The second-order valence-corrected chi connectivity index (χ2v) is 7.99. The lowest BCUT2D eigenvalue weighted by Gasteiger charge is -2.19. The van der Waals surface area contributed by atoms with Gasteiger partial charge < -0.3 is 4.57 Å². The zero-order valence-electron chi connectivity index (χ0n) is 14.4. The van der Waals surface area contributed by atoms with Gasteiger partial charge in [0, 0.05) is 30.5 Å². The van der Waals surface area contributed by atoms with Crippen LogP contribution in [-0.4, -0.2) is 22.9 Å². The van der Waals surface area contributed by atoms with E-state index in [4.69, 9.17) is 11.6 Å². The number of nitrogens with one attached hydrogen (secondary N) is 1. The summed E-state index contributed by atoms with van der Waals surface area (Å²) in [6, 6.07) is 7.51. The lowest BCUT2D eigenvalue weighted by molar-refractivity contribution is -0.387. The van der Waals surface area contributed by atoms with Gasteiger partial charge in [-0.05, 0) is 29.8 Å². The smallest absolute Gasteiger partial charge is 0.290 e. The predicted octanol–water partition coefficient (Wildman–Crippen LogP) is 3.19. The van der Waals surface area contributed by atoms with Crippen molar-refractivity contribution in [2.75, 3.05) is 0 Å². The van der Waals surface area contributed by atoms with E-state index in [0.29, 0.717) is 0 Å². The van der Waals surface area contributed by atoms with Crippen molar-refractivity contribution in [3.8, 4) is 0 Å². The largest absolute Gasteiger partial charge is 0.336 e. The number of aromatic nitrogens is 2. The Labute approximate surface area is 164 Å². The molecule has 0 saturated heterocycles. The molecule has 0 spiro atoms. The van der Waals surface area contributed by atoms with E-state index in [-0.39, 0.29) is 16.4 Å². The Kier molecular flexibility index (Phi) is 5.45. The molecule has 0 aliphatic heterocycles. The highest BCUT2D eigenvalue weighted by atomic mass is 35.5. The maximum Gasteiger partial charge on any atom is 0.290 e. The van der Waals surface area contributed by atoms with Gasteiger partial charge in [0.05, 0.1) is 4.92 Å². The summed E-state index contributed by atoms with van der Waals surface area (Å²) in [7, 11) is -2.74. The Morgan fingerprint density at radius 2 is 2.04 bits per heavy atom. The van der Waals surface area contributed by atoms with Crippen LogP contribution in [0.25, 0.3) is 0 Å². The van der Waals surface area contributed by atoms with Crippen LogP contribution >= 0.6 is 11.6 Å². The molecule has 1 heterocycles. The van der Waals surface area contributed by atoms with E-state index < -0.39 is 37.4 Å². The van der Waals surface area contributed by atoms with Gasteiger partial charge in [0.25, 0.3) is 5.69 Å². The van der Waals surface area contributed by atoms with E-state index >= 15 is 0 Å². The summed E-state index contributed by atoms with van der Waals surface area (Å²) in [5.41, 5.74) is -0.382. The molecule has 1 N–H and O–H groups in total. The zero-order valence-corrected chi connectivity index (χ0v) is 16.0. The predicted molar refractivity (Wildman–Crippen MR) is 99.9 cm³/mol. The van der Waals surface area contributed by atoms with Gasteiger partial charge in [-0.25, -0.2) is 17.8 Å². The van der Waals surface area contributed by atoms with Crippen LogP contribution in [0.4, 0.5) is 10.1 Å². The van der Waals surface area contributed by atoms with Gasteiger partial charge in [0.2, 0.25) is 10.0 Å². The number of benzene rings is 2. The van der Waals surface area contributed by atoms with Crippen LogP contribution < -0.4 is 4.72 Å². The molecule has 2 aromatic carbocycles. The maximum absolute atomic E-state index is 13.7. The van der Waals surface area contributed by atoms with E-state index in [1.165, 1.54) is 30.5 Å². The molecule has 0 amide bonds. The van der Waals surface area contributed by atoms with Crippen molar-refractivity contribution in [2.24, 2.45) is 7.05 Å². The Balaban J connectivity index is 2.11. The van der Waals surface area contributed by atoms with Crippen LogP contribution in [0.3, 0.4) is 0 Å². The van der Waals surface area contributed by atoms with E-state index in [1.54, 1.807) is 17.8 Å². The summed E-state index contributed by atoms with van der Waals surface area (Å²) >= 11 is 5.76. The van der Waals surface area contributed by atoms with E-state index in [0.717, 1.165) is 18.2 Å². The minimum absolute atomic E-state index is 0.0245. The van der Waals surface area contributed by atoms with Gasteiger partial charge in [-0.15, -0.1) is 0 Å². The Bertz CT molecular complexity index is 1150. The minimum Gasteiger partial charge on any atom is -0.336 e. The molecular weight excluding hydrogens is 411 g/mol. The van der Waals surface area contributed by atoms with Crippen molar-refractivity contribution in [1.29, 1.82) is 0 Å². The van der Waals surface area contributed by atoms with Crippen LogP contribution in [0, 0.1) is 15.9 Å². The molecule has 11 heteroatoms. The van der Waals surface area contributed by atoms with Crippen molar-refractivity contribution >= 4 is 27.3 Å². The van der Waals surface area contributed by atoms with Crippen molar-refractivity contribution in [2.45, 2.75) is 10.9 Å². The number of imidazole rings is 1. The molecule has 0 radical (unpaired) electrons. The van der Waals surface area contributed by atoms with Crippen molar-refractivity contribution < 1.29 is 17.7 Å². The van der Waals surface area contributed by atoms with Crippen LogP contribution in [0.1, 0.15) is 17.4 Å². The molecule has 0 aliphatic rings. The third-order valence-corrected chi connectivity index (χ3v) is 5.68.